The Morgan fingerprint density at radius 1 is 1.28 bits per heavy atom. The van der Waals surface area contributed by atoms with Gasteiger partial charge in [-0.25, -0.2) is 0 Å². The van der Waals surface area contributed by atoms with E-state index >= 15 is 0 Å². The molecule has 2 rings (SSSR count). The molecular weight excluding hydrogens is 320 g/mol. The Kier molecular flexibility index (Phi) is 7.84. The van der Waals surface area contributed by atoms with Crippen LogP contribution >= 0.6 is 0 Å². The van der Waals surface area contributed by atoms with Crippen LogP contribution in [0.2, 0.25) is 0 Å². The van der Waals surface area contributed by atoms with Gasteiger partial charge in [-0.05, 0) is 11.5 Å². The summed E-state index contributed by atoms with van der Waals surface area (Å²) in [6.07, 6.45) is -1.66. The SMILES string of the molecule is CC(C)CN(CC(=O)NCc1ccccc1)C[C@@H]1COC[C@@H](O)[C@H]1O. The number of nitrogens with one attached hydrogen (secondary N) is 1. The lowest BCUT2D eigenvalue weighted by Gasteiger charge is -2.35. The number of aliphatic hydroxyl groups is 2. The van der Waals surface area contributed by atoms with E-state index in [1.165, 1.54) is 0 Å². The van der Waals surface area contributed by atoms with Gasteiger partial charge in [-0.3, -0.25) is 9.69 Å². The molecule has 6 heteroatoms. The zero-order valence-corrected chi connectivity index (χ0v) is 15.1. The lowest BCUT2D eigenvalue weighted by Crippen LogP contribution is -2.50. The largest absolute Gasteiger partial charge is 0.390 e. The van der Waals surface area contributed by atoms with Gasteiger partial charge in [0.05, 0.1) is 25.9 Å². The highest BCUT2D eigenvalue weighted by Gasteiger charge is 2.32. The van der Waals surface area contributed by atoms with E-state index in [2.05, 4.69) is 19.2 Å². The van der Waals surface area contributed by atoms with Gasteiger partial charge in [0.25, 0.3) is 0 Å². The average molecular weight is 350 g/mol. The highest BCUT2D eigenvalue weighted by atomic mass is 16.5. The number of amides is 1. The molecule has 0 aromatic heterocycles. The molecule has 25 heavy (non-hydrogen) atoms. The van der Waals surface area contributed by atoms with Gasteiger partial charge in [-0.2, -0.15) is 0 Å². The zero-order valence-electron chi connectivity index (χ0n) is 15.1. The lowest BCUT2D eigenvalue weighted by atomic mass is 9.95. The van der Waals surface area contributed by atoms with Crippen molar-refractivity contribution in [2.24, 2.45) is 11.8 Å². The summed E-state index contributed by atoms with van der Waals surface area (Å²) in [4.78, 5) is 14.3. The molecule has 0 bridgehead atoms. The molecule has 6 nitrogen and oxygen atoms in total. The minimum Gasteiger partial charge on any atom is -0.390 e. The fourth-order valence-corrected chi connectivity index (χ4v) is 3.12. The molecule has 1 amide bonds. The second-order valence-electron chi connectivity index (χ2n) is 7.21. The molecule has 140 valence electrons. The third-order valence-corrected chi connectivity index (χ3v) is 4.31. The summed E-state index contributed by atoms with van der Waals surface area (Å²) in [5, 5.41) is 22.8. The Morgan fingerprint density at radius 3 is 2.68 bits per heavy atom. The molecule has 1 aromatic rings. The molecule has 0 radical (unpaired) electrons. The van der Waals surface area contributed by atoms with Crippen LogP contribution in [0.4, 0.5) is 0 Å². The molecule has 3 N–H and O–H groups in total. The smallest absolute Gasteiger partial charge is 0.234 e. The van der Waals surface area contributed by atoms with E-state index in [4.69, 9.17) is 4.74 Å². The molecule has 1 aliphatic heterocycles. The number of carbonyl (C=O) groups is 1. The molecule has 0 unspecified atom stereocenters. The summed E-state index contributed by atoms with van der Waals surface area (Å²) < 4.78 is 5.34. The molecule has 0 spiro atoms. The molecule has 0 saturated carbocycles. The van der Waals surface area contributed by atoms with Crippen LogP contribution in [0.1, 0.15) is 19.4 Å². The average Bonchev–Trinajstić information content (AvgIpc) is 2.57. The van der Waals surface area contributed by atoms with Crippen LogP contribution in [0, 0.1) is 11.8 Å². The first-order valence-electron chi connectivity index (χ1n) is 8.92. The van der Waals surface area contributed by atoms with E-state index in [1.807, 2.05) is 35.2 Å². The van der Waals surface area contributed by atoms with Crippen molar-refractivity contribution in [1.29, 1.82) is 0 Å². The summed E-state index contributed by atoms with van der Waals surface area (Å²) in [7, 11) is 0. The van der Waals surface area contributed by atoms with Crippen LogP contribution in [0.5, 0.6) is 0 Å². The van der Waals surface area contributed by atoms with E-state index in [9.17, 15) is 15.0 Å². The second kappa shape index (κ2) is 9.87. The van der Waals surface area contributed by atoms with Crippen LogP contribution in [-0.2, 0) is 16.1 Å². The van der Waals surface area contributed by atoms with Crippen LogP contribution < -0.4 is 5.32 Å². The minimum absolute atomic E-state index is 0.0451. The van der Waals surface area contributed by atoms with Gasteiger partial charge in [0.1, 0.15) is 6.10 Å². The second-order valence-corrected chi connectivity index (χ2v) is 7.21. The lowest BCUT2D eigenvalue weighted by molar-refractivity contribution is -0.131. The highest BCUT2D eigenvalue weighted by molar-refractivity contribution is 5.78. The predicted molar refractivity (Wildman–Crippen MR) is 95.9 cm³/mol. The first-order chi connectivity index (χ1) is 12.0. The predicted octanol–water partition coefficient (Wildman–Crippen LogP) is 0.629. The van der Waals surface area contributed by atoms with Crippen molar-refractivity contribution in [3.63, 3.8) is 0 Å². The fraction of sp³-hybridized carbons (Fsp3) is 0.632. The van der Waals surface area contributed by atoms with Crippen molar-refractivity contribution in [3.05, 3.63) is 35.9 Å². The number of rotatable bonds is 8. The third kappa shape index (κ3) is 6.74. The van der Waals surface area contributed by atoms with Crippen LogP contribution in [0.25, 0.3) is 0 Å². The standard InChI is InChI=1S/C19H30N2O4/c1-14(2)9-21(10-16-12-25-13-17(22)19(16)24)11-18(23)20-8-15-6-4-3-5-7-15/h3-7,14,16-17,19,22,24H,8-13H2,1-2H3,(H,20,23)/t16-,17-,19+/m1/s1. The zero-order chi connectivity index (χ0) is 18.2. The quantitative estimate of drug-likeness (QED) is 0.641. The number of nitrogens with zero attached hydrogens (tertiary/aromatic N) is 1. The molecule has 1 aromatic carbocycles. The summed E-state index contributed by atoms with van der Waals surface area (Å²) in [6, 6.07) is 9.79. The van der Waals surface area contributed by atoms with E-state index in [-0.39, 0.29) is 25.0 Å². The van der Waals surface area contributed by atoms with Crippen LogP contribution in [0.15, 0.2) is 30.3 Å². The number of aliphatic hydroxyl groups excluding tert-OH is 2. The molecule has 1 aliphatic rings. The number of ether oxygens (including phenoxy) is 1. The third-order valence-electron chi connectivity index (χ3n) is 4.31. The Morgan fingerprint density at radius 2 is 2.00 bits per heavy atom. The van der Waals surface area contributed by atoms with Gasteiger partial charge in [-0.1, -0.05) is 44.2 Å². The molecule has 1 fully saturated rings. The van der Waals surface area contributed by atoms with E-state index in [0.717, 1.165) is 12.1 Å². The normalized spacial score (nSPS) is 23.8. The van der Waals surface area contributed by atoms with E-state index in [1.54, 1.807) is 0 Å². The van der Waals surface area contributed by atoms with Crippen molar-refractivity contribution in [2.45, 2.75) is 32.6 Å². The number of hydrogen-bond acceptors (Lipinski definition) is 5. The first-order valence-corrected chi connectivity index (χ1v) is 8.92. The maximum atomic E-state index is 12.3. The Hall–Kier alpha value is -1.47. The summed E-state index contributed by atoms with van der Waals surface area (Å²) in [6.45, 7) is 6.80. The maximum Gasteiger partial charge on any atom is 0.234 e. The maximum absolute atomic E-state index is 12.3. The van der Waals surface area contributed by atoms with E-state index in [0.29, 0.717) is 25.6 Å². The molecule has 0 aliphatic carbocycles. The summed E-state index contributed by atoms with van der Waals surface area (Å²) in [5.74, 6) is 0.161. The topological polar surface area (TPSA) is 82.0 Å². The van der Waals surface area contributed by atoms with Crippen molar-refractivity contribution < 1.29 is 19.7 Å². The molecule has 3 atom stereocenters. The van der Waals surface area contributed by atoms with Gasteiger partial charge in [0.15, 0.2) is 0 Å². The number of carbonyl (C=O) groups excluding carboxylic acids is 1. The Labute approximate surface area is 149 Å². The van der Waals surface area contributed by atoms with Gasteiger partial charge in [0.2, 0.25) is 5.91 Å². The summed E-state index contributed by atoms with van der Waals surface area (Å²) >= 11 is 0. The van der Waals surface area contributed by atoms with Gasteiger partial charge >= 0.3 is 0 Å². The first kappa shape index (κ1) is 19.8. The Balaban J connectivity index is 1.87. The number of hydrogen-bond donors (Lipinski definition) is 3. The summed E-state index contributed by atoms with van der Waals surface area (Å²) in [5.41, 5.74) is 1.06. The van der Waals surface area contributed by atoms with Crippen molar-refractivity contribution in [1.82, 2.24) is 10.2 Å². The number of benzene rings is 1. The van der Waals surface area contributed by atoms with Crippen molar-refractivity contribution in [3.8, 4) is 0 Å². The van der Waals surface area contributed by atoms with Gasteiger partial charge in [0, 0.05) is 25.6 Å². The Bertz CT molecular complexity index is 523. The molecule has 1 heterocycles. The van der Waals surface area contributed by atoms with Gasteiger partial charge in [-0.15, -0.1) is 0 Å². The highest BCUT2D eigenvalue weighted by Crippen LogP contribution is 2.17. The minimum atomic E-state index is -0.855. The van der Waals surface area contributed by atoms with Crippen molar-refractivity contribution in [2.75, 3.05) is 32.8 Å². The monoisotopic (exact) mass is 350 g/mol. The van der Waals surface area contributed by atoms with E-state index < -0.39 is 12.2 Å². The molecular formula is C19H30N2O4. The van der Waals surface area contributed by atoms with Crippen LogP contribution in [-0.4, -0.2) is 66.1 Å². The van der Waals surface area contributed by atoms with Crippen LogP contribution in [0.3, 0.4) is 0 Å². The molecule has 1 saturated heterocycles. The van der Waals surface area contributed by atoms with Gasteiger partial charge < -0.3 is 20.3 Å². The fourth-order valence-electron chi connectivity index (χ4n) is 3.12. The van der Waals surface area contributed by atoms with Crippen molar-refractivity contribution >= 4 is 5.91 Å².